The molecule has 11 heavy (non-hydrogen) atoms. The lowest BCUT2D eigenvalue weighted by molar-refractivity contribution is 0.827. The summed E-state index contributed by atoms with van der Waals surface area (Å²) in [5.41, 5.74) is 6.59. The summed E-state index contributed by atoms with van der Waals surface area (Å²) in [6.07, 6.45) is 0. The third-order valence-corrected chi connectivity index (χ3v) is 2.15. The molecule has 0 aliphatic rings. The molecule has 0 amide bonds. The minimum atomic E-state index is -0.162. The molecule has 1 aromatic carbocycles. The van der Waals surface area contributed by atoms with Crippen LogP contribution in [0, 0.1) is 0 Å². The Labute approximate surface area is 76.1 Å². The van der Waals surface area contributed by atoms with Crippen molar-refractivity contribution in [2.24, 2.45) is 5.73 Å². The van der Waals surface area contributed by atoms with Gasteiger partial charge in [-0.3, -0.25) is 0 Å². The Morgan fingerprint density at radius 3 is 2.55 bits per heavy atom. The third-order valence-electron chi connectivity index (χ3n) is 1.47. The first-order valence-electron chi connectivity index (χ1n) is 3.31. The largest absolute Gasteiger partial charge is 0.323 e. The molecule has 1 aromatic rings. The molecule has 0 radical (unpaired) electrons. The number of halogens is 2. The van der Waals surface area contributed by atoms with Crippen molar-refractivity contribution in [2.75, 3.05) is 5.88 Å². The van der Waals surface area contributed by atoms with Crippen LogP contribution >= 0.6 is 23.2 Å². The molecule has 0 spiro atoms. The van der Waals surface area contributed by atoms with Crippen LogP contribution in [0.15, 0.2) is 24.3 Å². The summed E-state index contributed by atoms with van der Waals surface area (Å²) >= 11 is 11.4. The molecule has 0 saturated carbocycles. The van der Waals surface area contributed by atoms with Crippen LogP contribution in [0.25, 0.3) is 0 Å². The first kappa shape index (κ1) is 8.85. The summed E-state index contributed by atoms with van der Waals surface area (Å²) in [6.45, 7) is 0. The van der Waals surface area contributed by atoms with Gasteiger partial charge in [-0.1, -0.05) is 29.8 Å². The zero-order valence-corrected chi connectivity index (χ0v) is 7.44. The van der Waals surface area contributed by atoms with E-state index in [-0.39, 0.29) is 6.04 Å². The van der Waals surface area contributed by atoms with Gasteiger partial charge in [0.1, 0.15) is 0 Å². The summed E-state index contributed by atoms with van der Waals surface area (Å²) in [6, 6.07) is 7.30. The molecule has 0 saturated heterocycles. The van der Waals surface area contributed by atoms with Crippen LogP contribution in [-0.4, -0.2) is 5.88 Å². The fraction of sp³-hybridized carbons (Fsp3) is 0.250. The lowest BCUT2D eigenvalue weighted by atomic mass is 10.1. The molecule has 0 fully saturated rings. The molecule has 1 unspecified atom stereocenters. The minimum absolute atomic E-state index is 0.162. The number of alkyl halides is 1. The Kier molecular flexibility index (Phi) is 3.18. The summed E-state index contributed by atoms with van der Waals surface area (Å²) in [4.78, 5) is 0. The maximum Gasteiger partial charge on any atom is 0.0454 e. The molecule has 1 atom stereocenters. The Bertz CT molecular complexity index is 237. The van der Waals surface area contributed by atoms with Crippen molar-refractivity contribution >= 4 is 23.2 Å². The van der Waals surface area contributed by atoms with Gasteiger partial charge in [0.2, 0.25) is 0 Å². The summed E-state index contributed by atoms with van der Waals surface area (Å²) in [5, 5.41) is 0.681. The van der Waals surface area contributed by atoms with E-state index in [1.807, 2.05) is 24.3 Å². The molecular weight excluding hydrogens is 181 g/mol. The monoisotopic (exact) mass is 189 g/mol. The fourth-order valence-electron chi connectivity index (χ4n) is 0.859. The van der Waals surface area contributed by atoms with Gasteiger partial charge in [0.05, 0.1) is 0 Å². The number of hydrogen-bond donors (Lipinski definition) is 1. The van der Waals surface area contributed by atoms with Crippen molar-refractivity contribution in [3.05, 3.63) is 34.9 Å². The van der Waals surface area contributed by atoms with E-state index in [0.717, 1.165) is 5.56 Å². The van der Waals surface area contributed by atoms with Gasteiger partial charge in [0.15, 0.2) is 0 Å². The highest BCUT2D eigenvalue weighted by Gasteiger charge is 2.06. The minimum Gasteiger partial charge on any atom is -0.323 e. The predicted molar refractivity (Wildman–Crippen MR) is 49.1 cm³/mol. The zero-order chi connectivity index (χ0) is 8.27. The van der Waals surface area contributed by atoms with E-state index in [1.165, 1.54) is 0 Å². The smallest absolute Gasteiger partial charge is 0.0454 e. The van der Waals surface area contributed by atoms with Crippen LogP contribution < -0.4 is 5.73 Å². The van der Waals surface area contributed by atoms with Crippen molar-refractivity contribution in [1.29, 1.82) is 0 Å². The Hall–Kier alpha value is -0.240. The molecule has 1 rings (SSSR count). The third kappa shape index (κ3) is 2.09. The Morgan fingerprint density at radius 1 is 1.36 bits per heavy atom. The average molecular weight is 190 g/mol. The highest BCUT2D eigenvalue weighted by atomic mass is 35.5. The molecule has 0 bridgehead atoms. The zero-order valence-electron chi connectivity index (χ0n) is 5.93. The number of rotatable bonds is 2. The standard InChI is InChI=1S/C8H9Cl2N/c9-5-8(11)6-3-1-2-4-7(6)10/h1-4,8H,5,11H2. The molecule has 0 aliphatic carbocycles. The van der Waals surface area contributed by atoms with E-state index in [2.05, 4.69) is 0 Å². The van der Waals surface area contributed by atoms with Gasteiger partial charge < -0.3 is 5.73 Å². The molecule has 0 aromatic heterocycles. The second-order valence-corrected chi connectivity index (χ2v) is 3.00. The van der Waals surface area contributed by atoms with Crippen molar-refractivity contribution < 1.29 is 0 Å². The molecular formula is C8H9Cl2N. The molecule has 0 aliphatic heterocycles. The Morgan fingerprint density at radius 2 is 2.00 bits per heavy atom. The first-order chi connectivity index (χ1) is 5.25. The highest BCUT2D eigenvalue weighted by Crippen LogP contribution is 2.21. The van der Waals surface area contributed by atoms with E-state index >= 15 is 0 Å². The van der Waals surface area contributed by atoms with Crippen LogP contribution in [0.4, 0.5) is 0 Å². The quantitative estimate of drug-likeness (QED) is 0.712. The Balaban J connectivity index is 2.93. The molecule has 0 heterocycles. The van der Waals surface area contributed by atoms with Gasteiger partial charge in [0, 0.05) is 16.9 Å². The van der Waals surface area contributed by atoms with Gasteiger partial charge >= 0.3 is 0 Å². The lowest BCUT2D eigenvalue weighted by Gasteiger charge is -2.08. The maximum atomic E-state index is 5.86. The van der Waals surface area contributed by atoms with Crippen molar-refractivity contribution in [1.82, 2.24) is 0 Å². The van der Waals surface area contributed by atoms with E-state index in [9.17, 15) is 0 Å². The highest BCUT2D eigenvalue weighted by molar-refractivity contribution is 6.31. The van der Waals surface area contributed by atoms with E-state index < -0.39 is 0 Å². The molecule has 2 N–H and O–H groups in total. The van der Waals surface area contributed by atoms with Crippen LogP contribution in [0.5, 0.6) is 0 Å². The van der Waals surface area contributed by atoms with Crippen LogP contribution in [0.2, 0.25) is 5.02 Å². The summed E-state index contributed by atoms with van der Waals surface area (Å²) < 4.78 is 0. The van der Waals surface area contributed by atoms with E-state index in [0.29, 0.717) is 10.9 Å². The van der Waals surface area contributed by atoms with Gasteiger partial charge in [-0.15, -0.1) is 11.6 Å². The van der Waals surface area contributed by atoms with Crippen LogP contribution in [0.3, 0.4) is 0 Å². The van der Waals surface area contributed by atoms with Crippen molar-refractivity contribution in [2.45, 2.75) is 6.04 Å². The summed E-state index contributed by atoms with van der Waals surface area (Å²) in [7, 11) is 0. The average Bonchev–Trinajstić information content (AvgIpc) is 2.04. The lowest BCUT2D eigenvalue weighted by Crippen LogP contribution is -2.11. The molecule has 3 heteroatoms. The van der Waals surface area contributed by atoms with E-state index in [1.54, 1.807) is 0 Å². The van der Waals surface area contributed by atoms with Gasteiger partial charge in [-0.05, 0) is 11.6 Å². The fourth-order valence-corrected chi connectivity index (χ4v) is 1.30. The number of nitrogens with two attached hydrogens (primary N) is 1. The number of benzene rings is 1. The molecule has 60 valence electrons. The number of hydrogen-bond acceptors (Lipinski definition) is 1. The van der Waals surface area contributed by atoms with Crippen LogP contribution in [0.1, 0.15) is 11.6 Å². The molecule has 1 nitrogen and oxygen atoms in total. The normalized spacial score (nSPS) is 13.0. The van der Waals surface area contributed by atoms with Crippen molar-refractivity contribution in [3.8, 4) is 0 Å². The predicted octanol–water partition coefficient (Wildman–Crippen LogP) is 2.58. The van der Waals surface area contributed by atoms with Gasteiger partial charge in [0.25, 0.3) is 0 Å². The van der Waals surface area contributed by atoms with Gasteiger partial charge in [-0.25, -0.2) is 0 Å². The SMILES string of the molecule is NC(CCl)c1ccccc1Cl. The second-order valence-electron chi connectivity index (χ2n) is 2.28. The topological polar surface area (TPSA) is 26.0 Å². The maximum absolute atomic E-state index is 5.86. The van der Waals surface area contributed by atoms with Crippen LogP contribution in [-0.2, 0) is 0 Å². The van der Waals surface area contributed by atoms with Crippen molar-refractivity contribution in [3.63, 3.8) is 0 Å². The second kappa shape index (κ2) is 3.96. The summed E-state index contributed by atoms with van der Waals surface area (Å²) in [5.74, 6) is 0.393. The van der Waals surface area contributed by atoms with E-state index in [4.69, 9.17) is 28.9 Å². The van der Waals surface area contributed by atoms with Gasteiger partial charge in [-0.2, -0.15) is 0 Å². The first-order valence-corrected chi connectivity index (χ1v) is 4.23.